The number of benzene rings is 1. The van der Waals surface area contributed by atoms with Crippen LogP contribution in [0.4, 0.5) is 0 Å². The van der Waals surface area contributed by atoms with Crippen LogP contribution in [0.1, 0.15) is 30.2 Å². The van der Waals surface area contributed by atoms with E-state index >= 15 is 0 Å². The standard InChI is InChI=1S/C15H16Br2N2/c1-3-4-14-12(8-16)9-18-15(19-14)11-6-5-10(2)13(17)7-11/h5-7,9H,3-4,8H2,1-2H3. The number of alkyl halides is 1. The SMILES string of the molecule is CCCc1nc(-c2ccc(C)c(Br)c2)ncc1CBr. The van der Waals surface area contributed by atoms with Gasteiger partial charge in [-0.25, -0.2) is 9.97 Å². The predicted molar refractivity (Wildman–Crippen MR) is 86.5 cm³/mol. The first kappa shape index (κ1) is 14.7. The fraction of sp³-hybridized carbons (Fsp3) is 0.333. The number of halogens is 2. The van der Waals surface area contributed by atoms with Crippen LogP contribution in [0, 0.1) is 6.92 Å². The predicted octanol–water partition coefficient (Wildman–Crippen LogP) is 5.06. The Morgan fingerprint density at radius 2 is 2.05 bits per heavy atom. The lowest BCUT2D eigenvalue weighted by Crippen LogP contribution is -2.00. The summed E-state index contributed by atoms with van der Waals surface area (Å²) >= 11 is 7.05. The van der Waals surface area contributed by atoms with Gasteiger partial charge in [-0.3, -0.25) is 0 Å². The van der Waals surface area contributed by atoms with Crippen molar-refractivity contribution in [3.63, 3.8) is 0 Å². The highest BCUT2D eigenvalue weighted by Crippen LogP contribution is 2.24. The van der Waals surface area contributed by atoms with E-state index in [1.165, 1.54) is 11.1 Å². The van der Waals surface area contributed by atoms with Crippen molar-refractivity contribution in [3.8, 4) is 11.4 Å². The molecule has 0 saturated carbocycles. The Kier molecular flexibility index (Phi) is 5.11. The molecule has 2 rings (SSSR count). The zero-order valence-electron chi connectivity index (χ0n) is 11.1. The molecule has 0 aliphatic heterocycles. The normalized spacial score (nSPS) is 10.7. The van der Waals surface area contributed by atoms with Crippen LogP contribution in [0.25, 0.3) is 11.4 Å². The Morgan fingerprint density at radius 1 is 1.26 bits per heavy atom. The van der Waals surface area contributed by atoms with Crippen molar-refractivity contribution in [1.29, 1.82) is 0 Å². The zero-order valence-corrected chi connectivity index (χ0v) is 14.3. The van der Waals surface area contributed by atoms with Crippen LogP contribution in [0.2, 0.25) is 0 Å². The van der Waals surface area contributed by atoms with E-state index < -0.39 is 0 Å². The average molecular weight is 384 g/mol. The van der Waals surface area contributed by atoms with E-state index in [0.29, 0.717) is 0 Å². The molecular formula is C15H16Br2N2. The van der Waals surface area contributed by atoms with Crippen molar-refractivity contribution < 1.29 is 0 Å². The fourth-order valence-electron chi connectivity index (χ4n) is 1.88. The number of aromatic nitrogens is 2. The van der Waals surface area contributed by atoms with Gasteiger partial charge in [0.25, 0.3) is 0 Å². The summed E-state index contributed by atoms with van der Waals surface area (Å²) in [6, 6.07) is 6.23. The molecular weight excluding hydrogens is 368 g/mol. The van der Waals surface area contributed by atoms with Crippen LogP contribution in [-0.4, -0.2) is 9.97 Å². The second-order valence-electron chi connectivity index (χ2n) is 4.51. The molecule has 0 atom stereocenters. The Bertz CT molecular complexity index is 582. The van der Waals surface area contributed by atoms with E-state index in [1.807, 2.05) is 6.20 Å². The van der Waals surface area contributed by atoms with Crippen LogP contribution < -0.4 is 0 Å². The summed E-state index contributed by atoms with van der Waals surface area (Å²) in [5, 5.41) is 0.806. The summed E-state index contributed by atoms with van der Waals surface area (Å²) in [5.74, 6) is 0.800. The van der Waals surface area contributed by atoms with E-state index in [-0.39, 0.29) is 0 Å². The molecule has 0 aliphatic carbocycles. The molecule has 1 heterocycles. The number of rotatable bonds is 4. The summed E-state index contributed by atoms with van der Waals surface area (Å²) in [5.41, 5.74) is 4.59. The molecule has 4 heteroatoms. The highest BCUT2D eigenvalue weighted by atomic mass is 79.9. The lowest BCUT2D eigenvalue weighted by Gasteiger charge is -2.08. The van der Waals surface area contributed by atoms with Gasteiger partial charge in [0.1, 0.15) is 0 Å². The third-order valence-electron chi connectivity index (χ3n) is 3.02. The highest BCUT2D eigenvalue weighted by Gasteiger charge is 2.08. The Hall–Kier alpha value is -0.740. The van der Waals surface area contributed by atoms with Gasteiger partial charge in [0, 0.05) is 32.8 Å². The van der Waals surface area contributed by atoms with Gasteiger partial charge in [0.15, 0.2) is 5.82 Å². The minimum Gasteiger partial charge on any atom is -0.236 e. The van der Waals surface area contributed by atoms with E-state index in [1.54, 1.807) is 0 Å². The smallest absolute Gasteiger partial charge is 0.159 e. The van der Waals surface area contributed by atoms with Gasteiger partial charge < -0.3 is 0 Å². The van der Waals surface area contributed by atoms with E-state index in [0.717, 1.165) is 39.7 Å². The number of hydrogen-bond donors (Lipinski definition) is 0. The van der Waals surface area contributed by atoms with Crippen LogP contribution in [-0.2, 0) is 11.8 Å². The molecule has 0 aliphatic rings. The summed E-state index contributed by atoms with van der Waals surface area (Å²) in [6.07, 6.45) is 4.01. The third-order valence-corrected chi connectivity index (χ3v) is 4.47. The minimum atomic E-state index is 0.800. The largest absolute Gasteiger partial charge is 0.236 e. The number of nitrogens with zero attached hydrogens (tertiary/aromatic N) is 2. The van der Waals surface area contributed by atoms with Gasteiger partial charge in [0.2, 0.25) is 0 Å². The monoisotopic (exact) mass is 382 g/mol. The molecule has 0 N–H and O–H groups in total. The van der Waals surface area contributed by atoms with Crippen LogP contribution in [0.15, 0.2) is 28.9 Å². The fourth-order valence-corrected chi connectivity index (χ4v) is 2.73. The maximum absolute atomic E-state index is 4.71. The maximum atomic E-state index is 4.71. The molecule has 2 aromatic rings. The molecule has 0 amide bonds. The summed E-state index contributed by atoms with van der Waals surface area (Å²) in [6.45, 7) is 4.24. The topological polar surface area (TPSA) is 25.8 Å². The second-order valence-corrected chi connectivity index (χ2v) is 5.93. The van der Waals surface area contributed by atoms with Crippen LogP contribution >= 0.6 is 31.9 Å². The van der Waals surface area contributed by atoms with E-state index in [4.69, 9.17) is 4.98 Å². The molecule has 0 fully saturated rings. The van der Waals surface area contributed by atoms with Gasteiger partial charge >= 0.3 is 0 Å². The lowest BCUT2D eigenvalue weighted by molar-refractivity contribution is 0.860. The molecule has 0 radical (unpaired) electrons. The minimum absolute atomic E-state index is 0.800. The molecule has 0 unspecified atom stereocenters. The first-order valence-electron chi connectivity index (χ1n) is 6.33. The first-order chi connectivity index (χ1) is 9.15. The highest BCUT2D eigenvalue weighted by molar-refractivity contribution is 9.10. The van der Waals surface area contributed by atoms with Gasteiger partial charge in [-0.05, 0) is 25.0 Å². The van der Waals surface area contributed by atoms with Crippen molar-refractivity contribution in [3.05, 3.63) is 45.7 Å². The van der Waals surface area contributed by atoms with E-state index in [2.05, 4.69) is 68.9 Å². The summed E-state index contributed by atoms with van der Waals surface area (Å²) < 4.78 is 1.09. The quantitative estimate of drug-likeness (QED) is 0.689. The van der Waals surface area contributed by atoms with Gasteiger partial charge in [-0.2, -0.15) is 0 Å². The second kappa shape index (κ2) is 6.62. The van der Waals surface area contributed by atoms with Crippen molar-refractivity contribution >= 4 is 31.9 Å². The molecule has 2 nitrogen and oxygen atoms in total. The van der Waals surface area contributed by atoms with Gasteiger partial charge in [-0.1, -0.05) is 57.3 Å². The van der Waals surface area contributed by atoms with Crippen LogP contribution in [0.3, 0.4) is 0 Å². The third kappa shape index (κ3) is 3.42. The molecule has 1 aromatic carbocycles. The molecule has 100 valence electrons. The van der Waals surface area contributed by atoms with Gasteiger partial charge in [0.05, 0.1) is 0 Å². The van der Waals surface area contributed by atoms with Crippen LogP contribution in [0.5, 0.6) is 0 Å². The zero-order chi connectivity index (χ0) is 13.8. The van der Waals surface area contributed by atoms with Crippen molar-refractivity contribution in [2.45, 2.75) is 32.0 Å². The lowest BCUT2D eigenvalue weighted by atomic mass is 10.1. The first-order valence-corrected chi connectivity index (χ1v) is 8.24. The maximum Gasteiger partial charge on any atom is 0.159 e. The van der Waals surface area contributed by atoms with E-state index in [9.17, 15) is 0 Å². The molecule has 0 bridgehead atoms. The Labute approximate surface area is 130 Å². The molecule has 1 aromatic heterocycles. The molecule has 0 saturated heterocycles. The molecule has 0 spiro atoms. The summed E-state index contributed by atoms with van der Waals surface area (Å²) in [7, 11) is 0. The Balaban J connectivity index is 2.44. The van der Waals surface area contributed by atoms with Gasteiger partial charge in [-0.15, -0.1) is 0 Å². The van der Waals surface area contributed by atoms with Crippen molar-refractivity contribution in [2.75, 3.05) is 0 Å². The Morgan fingerprint density at radius 3 is 2.68 bits per heavy atom. The molecule has 19 heavy (non-hydrogen) atoms. The van der Waals surface area contributed by atoms with Crippen molar-refractivity contribution in [1.82, 2.24) is 9.97 Å². The van der Waals surface area contributed by atoms with Crippen molar-refractivity contribution in [2.24, 2.45) is 0 Å². The number of hydrogen-bond acceptors (Lipinski definition) is 2. The number of aryl methyl sites for hydroxylation is 2. The summed E-state index contributed by atoms with van der Waals surface area (Å²) in [4.78, 5) is 9.18. The average Bonchev–Trinajstić information content (AvgIpc) is 2.42.